The highest BCUT2D eigenvalue weighted by molar-refractivity contribution is 5.85. The summed E-state index contributed by atoms with van der Waals surface area (Å²) >= 11 is 0. The fraction of sp³-hybridized carbons (Fsp3) is 1.00. The van der Waals surface area contributed by atoms with Crippen LogP contribution in [0.3, 0.4) is 0 Å². The molecule has 1 rings (SSSR count). The minimum Gasteiger partial charge on any atom is -0.392 e. The van der Waals surface area contributed by atoms with Gasteiger partial charge >= 0.3 is 0 Å². The van der Waals surface area contributed by atoms with Gasteiger partial charge in [-0.05, 0) is 19.3 Å². The van der Waals surface area contributed by atoms with Crippen molar-refractivity contribution in [3.8, 4) is 0 Å². The third-order valence-electron chi connectivity index (χ3n) is 2.13. The van der Waals surface area contributed by atoms with Gasteiger partial charge in [-0.3, -0.25) is 0 Å². The second kappa shape index (κ2) is 5.81. The van der Waals surface area contributed by atoms with Crippen molar-refractivity contribution in [3.63, 3.8) is 0 Å². The first kappa shape index (κ1) is 11.2. The topological polar surface area (TPSA) is 32.3 Å². The second-order valence-corrected chi connectivity index (χ2v) is 3.13. The standard InChI is InChI=1S/C8H17NO.ClH/c1-2-3-7-4-5-8(10)6-9-7;/h7-10H,2-6H2,1H3;1H/t7-,8+;/m1./s1. The zero-order chi connectivity index (χ0) is 7.40. The van der Waals surface area contributed by atoms with Gasteiger partial charge in [-0.25, -0.2) is 0 Å². The molecule has 0 radical (unpaired) electrons. The Kier molecular flexibility index (Phi) is 5.92. The molecule has 0 aromatic rings. The number of halogens is 1. The summed E-state index contributed by atoms with van der Waals surface area (Å²) in [5, 5.41) is 12.5. The molecule has 11 heavy (non-hydrogen) atoms. The summed E-state index contributed by atoms with van der Waals surface area (Å²) in [6.45, 7) is 3.00. The van der Waals surface area contributed by atoms with E-state index in [0.29, 0.717) is 6.04 Å². The molecule has 1 aliphatic rings. The zero-order valence-electron chi connectivity index (χ0n) is 7.05. The Balaban J connectivity index is 0.000001000. The number of rotatable bonds is 2. The van der Waals surface area contributed by atoms with E-state index in [2.05, 4.69) is 12.2 Å². The molecule has 0 aliphatic carbocycles. The summed E-state index contributed by atoms with van der Waals surface area (Å²) in [6.07, 6.45) is 4.54. The average Bonchev–Trinajstić information content (AvgIpc) is 1.95. The first-order valence-corrected chi connectivity index (χ1v) is 4.24. The number of piperidine rings is 1. The van der Waals surface area contributed by atoms with Crippen molar-refractivity contribution in [1.82, 2.24) is 5.32 Å². The smallest absolute Gasteiger partial charge is 0.0665 e. The maximum absolute atomic E-state index is 9.13. The van der Waals surface area contributed by atoms with E-state index >= 15 is 0 Å². The van der Waals surface area contributed by atoms with E-state index in [-0.39, 0.29) is 18.5 Å². The van der Waals surface area contributed by atoms with Crippen molar-refractivity contribution in [2.75, 3.05) is 6.54 Å². The molecule has 0 unspecified atom stereocenters. The van der Waals surface area contributed by atoms with Crippen LogP contribution >= 0.6 is 12.4 Å². The lowest BCUT2D eigenvalue weighted by atomic mass is 9.99. The SMILES string of the molecule is CCC[C@@H]1CC[C@H](O)CN1.Cl. The van der Waals surface area contributed by atoms with Gasteiger partial charge in [0.25, 0.3) is 0 Å². The van der Waals surface area contributed by atoms with Crippen LogP contribution in [0.4, 0.5) is 0 Å². The second-order valence-electron chi connectivity index (χ2n) is 3.13. The van der Waals surface area contributed by atoms with E-state index in [0.717, 1.165) is 19.4 Å². The van der Waals surface area contributed by atoms with Gasteiger partial charge < -0.3 is 10.4 Å². The molecule has 1 fully saturated rings. The van der Waals surface area contributed by atoms with Crippen LogP contribution in [0, 0.1) is 0 Å². The molecule has 1 aliphatic heterocycles. The number of aliphatic hydroxyl groups excluding tert-OH is 1. The van der Waals surface area contributed by atoms with Gasteiger partial charge in [0.15, 0.2) is 0 Å². The summed E-state index contributed by atoms with van der Waals surface area (Å²) in [7, 11) is 0. The van der Waals surface area contributed by atoms with E-state index < -0.39 is 0 Å². The molecule has 0 aromatic heterocycles. The average molecular weight is 180 g/mol. The van der Waals surface area contributed by atoms with Crippen molar-refractivity contribution in [2.45, 2.75) is 44.8 Å². The minimum atomic E-state index is -0.0897. The lowest BCUT2D eigenvalue weighted by Gasteiger charge is -2.26. The van der Waals surface area contributed by atoms with Crippen LogP contribution in [0.5, 0.6) is 0 Å². The van der Waals surface area contributed by atoms with Gasteiger partial charge in [0.2, 0.25) is 0 Å². The Morgan fingerprint density at radius 3 is 2.64 bits per heavy atom. The van der Waals surface area contributed by atoms with Crippen LogP contribution in [0.2, 0.25) is 0 Å². The normalized spacial score (nSPS) is 31.1. The highest BCUT2D eigenvalue weighted by Gasteiger charge is 2.16. The molecule has 0 amide bonds. The number of aliphatic hydroxyl groups is 1. The van der Waals surface area contributed by atoms with Gasteiger partial charge in [-0.1, -0.05) is 13.3 Å². The van der Waals surface area contributed by atoms with Gasteiger partial charge in [0.05, 0.1) is 6.10 Å². The summed E-state index contributed by atoms with van der Waals surface area (Å²) in [6, 6.07) is 0.674. The molecule has 2 nitrogen and oxygen atoms in total. The quantitative estimate of drug-likeness (QED) is 0.671. The summed E-state index contributed by atoms with van der Waals surface area (Å²) < 4.78 is 0. The molecular weight excluding hydrogens is 162 g/mol. The van der Waals surface area contributed by atoms with Crippen LogP contribution in [0.1, 0.15) is 32.6 Å². The minimum absolute atomic E-state index is 0. The van der Waals surface area contributed by atoms with Crippen molar-refractivity contribution < 1.29 is 5.11 Å². The molecule has 3 heteroatoms. The van der Waals surface area contributed by atoms with E-state index in [1.54, 1.807) is 0 Å². The molecule has 0 spiro atoms. The fourth-order valence-electron chi connectivity index (χ4n) is 1.50. The van der Waals surface area contributed by atoms with Gasteiger partial charge in [-0.2, -0.15) is 0 Å². The Morgan fingerprint density at radius 2 is 2.18 bits per heavy atom. The Morgan fingerprint density at radius 1 is 1.45 bits per heavy atom. The number of nitrogens with one attached hydrogen (secondary N) is 1. The maximum atomic E-state index is 9.13. The highest BCUT2D eigenvalue weighted by atomic mass is 35.5. The van der Waals surface area contributed by atoms with Crippen LogP contribution in [-0.2, 0) is 0 Å². The molecule has 0 bridgehead atoms. The molecule has 2 atom stereocenters. The lowest BCUT2D eigenvalue weighted by molar-refractivity contribution is 0.124. The van der Waals surface area contributed by atoms with E-state index in [9.17, 15) is 0 Å². The number of hydrogen-bond acceptors (Lipinski definition) is 2. The molecule has 1 heterocycles. The van der Waals surface area contributed by atoms with E-state index in [1.807, 2.05) is 0 Å². The molecule has 68 valence electrons. The molecule has 2 N–H and O–H groups in total. The largest absolute Gasteiger partial charge is 0.392 e. The zero-order valence-corrected chi connectivity index (χ0v) is 7.86. The number of β-amino-alcohol motifs (C(OH)–C–C–N with tert-alkyl or cyclic N) is 1. The van der Waals surface area contributed by atoms with Crippen molar-refractivity contribution in [1.29, 1.82) is 0 Å². The summed E-state index contributed by atoms with van der Waals surface area (Å²) in [5.41, 5.74) is 0. The lowest BCUT2D eigenvalue weighted by Crippen LogP contribution is -2.41. The number of hydrogen-bond donors (Lipinski definition) is 2. The van der Waals surface area contributed by atoms with Gasteiger partial charge in [-0.15, -0.1) is 12.4 Å². The van der Waals surface area contributed by atoms with Crippen LogP contribution in [0.25, 0.3) is 0 Å². The van der Waals surface area contributed by atoms with Gasteiger partial charge in [0, 0.05) is 12.6 Å². The van der Waals surface area contributed by atoms with Crippen LogP contribution < -0.4 is 5.32 Å². The third-order valence-corrected chi connectivity index (χ3v) is 2.13. The molecule has 0 aromatic carbocycles. The van der Waals surface area contributed by atoms with Crippen molar-refractivity contribution in [2.24, 2.45) is 0 Å². The van der Waals surface area contributed by atoms with Crippen molar-refractivity contribution in [3.05, 3.63) is 0 Å². The van der Waals surface area contributed by atoms with Crippen LogP contribution in [0.15, 0.2) is 0 Å². The molecular formula is C8H18ClNO. The van der Waals surface area contributed by atoms with Gasteiger partial charge in [0.1, 0.15) is 0 Å². The van der Waals surface area contributed by atoms with E-state index in [1.165, 1.54) is 12.8 Å². The summed E-state index contributed by atoms with van der Waals surface area (Å²) in [5.74, 6) is 0. The van der Waals surface area contributed by atoms with Crippen molar-refractivity contribution >= 4 is 12.4 Å². The summed E-state index contributed by atoms with van der Waals surface area (Å²) in [4.78, 5) is 0. The predicted octanol–water partition coefficient (Wildman–Crippen LogP) is 1.32. The van der Waals surface area contributed by atoms with E-state index in [4.69, 9.17) is 5.11 Å². The highest BCUT2D eigenvalue weighted by Crippen LogP contribution is 2.11. The first-order valence-electron chi connectivity index (χ1n) is 4.24. The molecule has 1 saturated heterocycles. The third kappa shape index (κ3) is 3.94. The Labute approximate surface area is 74.8 Å². The van der Waals surface area contributed by atoms with Crippen LogP contribution in [-0.4, -0.2) is 23.8 Å². The first-order chi connectivity index (χ1) is 4.83. The Bertz CT molecular complexity index is 92.1. The maximum Gasteiger partial charge on any atom is 0.0665 e. The predicted molar refractivity (Wildman–Crippen MR) is 49.2 cm³/mol. The monoisotopic (exact) mass is 179 g/mol. The Hall–Kier alpha value is 0.210. The molecule has 0 saturated carbocycles. The fourth-order valence-corrected chi connectivity index (χ4v) is 1.50.